The van der Waals surface area contributed by atoms with Crippen molar-refractivity contribution in [3.8, 4) is 0 Å². The van der Waals surface area contributed by atoms with Crippen molar-refractivity contribution in [3.63, 3.8) is 0 Å². The Morgan fingerprint density at radius 2 is 1.80 bits per heavy atom. The van der Waals surface area contributed by atoms with E-state index in [0.717, 1.165) is 24.1 Å². The number of ether oxygens (including phenoxy) is 1. The lowest BCUT2D eigenvalue weighted by molar-refractivity contribution is -0.144. The number of benzene rings is 1. The second-order valence-corrected chi connectivity index (χ2v) is 4.98. The minimum atomic E-state index is -1.17. The van der Waals surface area contributed by atoms with E-state index >= 15 is 0 Å². The molecular formula is C16H20O4. The monoisotopic (exact) mass is 276 g/mol. The van der Waals surface area contributed by atoms with E-state index in [1.54, 1.807) is 0 Å². The molecule has 0 aliphatic carbocycles. The van der Waals surface area contributed by atoms with Crippen molar-refractivity contribution in [1.29, 1.82) is 0 Å². The van der Waals surface area contributed by atoms with Gasteiger partial charge < -0.3 is 9.84 Å². The topological polar surface area (TPSA) is 63.6 Å². The maximum Gasteiger partial charge on any atom is 0.331 e. The van der Waals surface area contributed by atoms with E-state index in [4.69, 9.17) is 9.84 Å². The van der Waals surface area contributed by atoms with Crippen LogP contribution in [0.2, 0.25) is 0 Å². The Morgan fingerprint density at radius 3 is 2.35 bits per heavy atom. The van der Waals surface area contributed by atoms with Gasteiger partial charge in [-0.1, -0.05) is 44.2 Å². The fourth-order valence-corrected chi connectivity index (χ4v) is 1.76. The van der Waals surface area contributed by atoms with Gasteiger partial charge >= 0.3 is 11.9 Å². The highest BCUT2D eigenvalue weighted by molar-refractivity contribution is 5.90. The van der Waals surface area contributed by atoms with E-state index in [1.165, 1.54) is 0 Å². The molecule has 1 atom stereocenters. The Hall–Kier alpha value is -2.10. The molecule has 4 nitrogen and oxygen atoms in total. The summed E-state index contributed by atoms with van der Waals surface area (Å²) in [5, 5.41) is 8.50. The second kappa shape index (κ2) is 8.15. The van der Waals surface area contributed by atoms with E-state index in [2.05, 4.69) is 13.8 Å². The maximum atomic E-state index is 11.6. The molecule has 0 heterocycles. The first kappa shape index (κ1) is 16.0. The molecule has 0 aliphatic heterocycles. The van der Waals surface area contributed by atoms with Gasteiger partial charge in [-0.25, -0.2) is 9.59 Å². The number of carbonyl (C=O) groups is 2. The molecule has 4 heteroatoms. The van der Waals surface area contributed by atoms with Crippen LogP contribution in [0.25, 0.3) is 0 Å². The minimum absolute atomic E-state index is 0.343. The molecule has 1 aromatic carbocycles. The van der Waals surface area contributed by atoms with Crippen molar-refractivity contribution in [3.05, 3.63) is 48.0 Å². The van der Waals surface area contributed by atoms with Crippen LogP contribution in [0, 0.1) is 5.92 Å². The zero-order valence-corrected chi connectivity index (χ0v) is 11.8. The molecule has 108 valence electrons. The van der Waals surface area contributed by atoms with Gasteiger partial charge in [0.05, 0.1) is 0 Å². The molecule has 0 bridgehead atoms. The number of esters is 1. The summed E-state index contributed by atoms with van der Waals surface area (Å²) < 4.78 is 5.35. The summed E-state index contributed by atoms with van der Waals surface area (Å²) in [6.45, 7) is 4.21. The third kappa shape index (κ3) is 6.18. The lowest BCUT2D eigenvalue weighted by Gasteiger charge is -2.18. The summed E-state index contributed by atoms with van der Waals surface area (Å²) in [5.74, 6) is -1.29. The number of carbonyl (C=O) groups excluding carboxylic acids is 1. The molecule has 0 aliphatic rings. The first-order valence-corrected chi connectivity index (χ1v) is 6.65. The van der Waals surface area contributed by atoms with E-state index in [0.29, 0.717) is 12.3 Å². The van der Waals surface area contributed by atoms with Crippen molar-refractivity contribution in [1.82, 2.24) is 0 Å². The summed E-state index contributed by atoms with van der Waals surface area (Å²) in [6, 6.07) is 9.48. The van der Waals surface area contributed by atoms with Crippen LogP contribution in [-0.4, -0.2) is 17.0 Å². The van der Waals surface area contributed by atoms with Crippen molar-refractivity contribution in [2.24, 2.45) is 5.92 Å². The molecule has 0 aromatic heterocycles. The molecule has 1 N–H and O–H groups in total. The average molecular weight is 276 g/mol. The lowest BCUT2D eigenvalue weighted by atomic mass is 10.00. The van der Waals surface area contributed by atoms with Gasteiger partial charge in [0.1, 0.15) is 6.10 Å². The Morgan fingerprint density at radius 1 is 1.15 bits per heavy atom. The van der Waals surface area contributed by atoms with Crippen LogP contribution in [0.1, 0.15) is 38.4 Å². The Labute approximate surface area is 119 Å². The van der Waals surface area contributed by atoms with E-state index in [1.807, 2.05) is 30.3 Å². The van der Waals surface area contributed by atoms with Gasteiger partial charge in [-0.05, 0) is 24.3 Å². The highest BCUT2D eigenvalue weighted by Gasteiger charge is 2.15. The van der Waals surface area contributed by atoms with E-state index in [9.17, 15) is 9.59 Å². The van der Waals surface area contributed by atoms with Gasteiger partial charge in [0.25, 0.3) is 0 Å². The molecule has 20 heavy (non-hydrogen) atoms. The third-order valence-corrected chi connectivity index (χ3v) is 2.80. The third-order valence-electron chi connectivity index (χ3n) is 2.80. The van der Waals surface area contributed by atoms with Crippen molar-refractivity contribution < 1.29 is 19.4 Å². The van der Waals surface area contributed by atoms with Crippen LogP contribution in [0.3, 0.4) is 0 Å². The molecule has 1 unspecified atom stereocenters. The number of carboxylic acid groups (broad SMARTS) is 1. The predicted molar refractivity (Wildman–Crippen MR) is 76.1 cm³/mol. The fraction of sp³-hybridized carbons (Fsp3) is 0.375. The number of hydrogen-bond acceptors (Lipinski definition) is 3. The molecule has 0 spiro atoms. The van der Waals surface area contributed by atoms with Gasteiger partial charge in [0.15, 0.2) is 0 Å². The summed E-state index contributed by atoms with van der Waals surface area (Å²) in [7, 11) is 0. The van der Waals surface area contributed by atoms with Gasteiger partial charge in [-0.3, -0.25) is 0 Å². The van der Waals surface area contributed by atoms with Gasteiger partial charge in [-0.15, -0.1) is 0 Å². The first-order valence-electron chi connectivity index (χ1n) is 6.65. The minimum Gasteiger partial charge on any atom is -0.478 e. The normalized spacial score (nSPS) is 12.6. The number of hydrogen-bond donors (Lipinski definition) is 1. The maximum absolute atomic E-state index is 11.6. The number of carboxylic acids is 1. The number of rotatable bonds is 7. The van der Waals surface area contributed by atoms with E-state index < -0.39 is 11.9 Å². The largest absolute Gasteiger partial charge is 0.478 e. The van der Waals surface area contributed by atoms with Crippen molar-refractivity contribution >= 4 is 11.9 Å². The molecule has 0 saturated carbocycles. The second-order valence-electron chi connectivity index (χ2n) is 4.98. The highest BCUT2D eigenvalue weighted by Crippen LogP contribution is 2.24. The summed E-state index contributed by atoms with van der Waals surface area (Å²) in [5.41, 5.74) is 0.922. The van der Waals surface area contributed by atoms with Crippen LogP contribution in [-0.2, 0) is 14.3 Å². The number of aliphatic carboxylic acids is 1. The molecule has 0 radical (unpaired) electrons. The first-order chi connectivity index (χ1) is 9.49. The van der Waals surface area contributed by atoms with Gasteiger partial charge in [0.2, 0.25) is 0 Å². The lowest BCUT2D eigenvalue weighted by Crippen LogP contribution is -2.11. The smallest absolute Gasteiger partial charge is 0.331 e. The van der Waals surface area contributed by atoms with Crippen LogP contribution in [0.4, 0.5) is 0 Å². The zero-order chi connectivity index (χ0) is 15.0. The highest BCUT2D eigenvalue weighted by atomic mass is 16.5. The Balaban J connectivity index is 2.73. The Bertz CT molecular complexity index is 463. The molecule has 0 saturated heterocycles. The van der Waals surface area contributed by atoms with Crippen LogP contribution >= 0.6 is 0 Å². The zero-order valence-electron chi connectivity index (χ0n) is 11.8. The fourth-order valence-electron chi connectivity index (χ4n) is 1.76. The molecule has 0 amide bonds. The summed E-state index contributed by atoms with van der Waals surface area (Å²) >= 11 is 0. The molecule has 1 rings (SSSR count). The molecule has 1 aromatic rings. The molecule has 0 fully saturated rings. The van der Waals surface area contributed by atoms with Gasteiger partial charge in [0, 0.05) is 12.2 Å². The quantitative estimate of drug-likeness (QED) is 0.612. The summed E-state index contributed by atoms with van der Waals surface area (Å²) in [6.07, 6.45) is 3.02. The van der Waals surface area contributed by atoms with E-state index in [-0.39, 0.29) is 6.10 Å². The van der Waals surface area contributed by atoms with Crippen LogP contribution < -0.4 is 0 Å². The van der Waals surface area contributed by atoms with Crippen molar-refractivity contribution in [2.45, 2.75) is 32.8 Å². The van der Waals surface area contributed by atoms with Crippen LogP contribution in [0.15, 0.2) is 42.5 Å². The van der Waals surface area contributed by atoms with Crippen molar-refractivity contribution in [2.75, 3.05) is 0 Å². The SMILES string of the molecule is CC(C)CCC(OC(=O)/C=C/C(=O)O)c1ccccc1. The molecular weight excluding hydrogens is 256 g/mol. The predicted octanol–water partition coefficient (Wildman–Crippen LogP) is 3.35. The average Bonchev–Trinajstić information content (AvgIpc) is 2.42. The summed E-state index contributed by atoms with van der Waals surface area (Å²) in [4.78, 5) is 22.0. The van der Waals surface area contributed by atoms with Gasteiger partial charge in [-0.2, -0.15) is 0 Å². The standard InChI is InChI=1S/C16H20O4/c1-12(2)8-9-14(13-6-4-3-5-7-13)20-16(19)11-10-15(17)18/h3-7,10-12,14H,8-9H2,1-2H3,(H,17,18)/b11-10+. The Kier molecular flexibility index (Phi) is 6.50. The van der Waals surface area contributed by atoms with Crippen LogP contribution in [0.5, 0.6) is 0 Å².